The second-order valence-electron chi connectivity index (χ2n) is 11.8. The van der Waals surface area contributed by atoms with Crippen LogP contribution >= 0.6 is 95.6 Å². The number of fused-ring (bicyclic) bond motifs is 6. The van der Waals surface area contributed by atoms with E-state index in [1.807, 2.05) is 0 Å². The Labute approximate surface area is 359 Å². The number of alkyl halides is 6. The van der Waals surface area contributed by atoms with Gasteiger partial charge in [0.1, 0.15) is 29.0 Å². The Hall–Kier alpha value is -2.64. The van der Waals surface area contributed by atoms with Gasteiger partial charge in [-0.15, -0.1) is 0 Å². The number of carbonyl (C=O) groups is 6. The molecule has 0 saturated carbocycles. The Morgan fingerprint density at radius 2 is 0.426 bits per heavy atom. The van der Waals surface area contributed by atoms with Crippen LogP contribution in [0.15, 0.2) is 36.4 Å². The highest BCUT2D eigenvalue weighted by molar-refractivity contribution is 9.10. The van der Waals surface area contributed by atoms with Crippen molar-refractivity contribution in [2.45, 2.75) is 70.5 Å². The van der Waals surface area contributed by atoms with Gasteiger partial charge < -0.3 is 28.4 Å². The van der Waals surface area contributed by atoms with Gasteiger partial charge in [0.25, 0.3) is 0 Å². The van der Waals surface area contributed by atoms with E-state index >= 15 is 0 Å². The summed E-state index contributed by atoms with van der Waals surface area (Å²) in [5.74, 6) is -4.99. The van der Waals surface area contributed by atoms with Crippen LogP contribution in [0.1, 0.15) is 41.5 Å². The number of hydrogen-bond donors (Lipinski definition) is 0. The number of rotatable bonds is 12. The lowest BCUT2D eigenvalue weighted by Gasteiger charge is -2.20. The molecule has 4 aromatic rings. The topological polar surface area (TPSA) is 158 Å². The fraction of sp³-hybridized carbons (Fsp3) is 0.333. The van der Waals surface area contributed by atoms with Gasteiger partial charge in [0, 0.05) is 0 Å². The van der Waals surface area contributed by atoms with E-state index < -0.39 is 64.8 Å². The van der Waals surface area contributed by atoms with Crippen LogP contribution < -0.4 is 28.4 Å². The Morgan fingerprint density at radius 3 is 0.519 bits per heavy atom. The standard InChI is InChI=1S/C36H30Br6O12/c1-13(37)31(43)49-25-7-19-20(8-26(25)50-32(44)14(2)38)22-10-28(52-34(46)16(4)40)30(54-36(48)18(6)42)12-24(22)23-11-29(53-35(47)17(5)41)27(9-21(19)23)51-33(45)15(3)39/h7-18H,1-6H3. The van der Waals surface area contributed by atoms with Crippen LogP contribution in [0.2, 0.25) is 0 Å². The smallest absolute Gasteiger partial charge is 0.324 e. The first kappa shape index (κ1) is 44.1. The van der Waals surface area contributed by atoms with E-state index in [4.69, 9.17) is 28.4 Å². The SMILES string of the molecule is CC(Br)C(=O)Oc1cc2c3cc(OC(=O)C(C)Br)c(OC(=O)C(C)Br)cc3c3cc(OC(=O)C(C)Br)c(OC(=O)C(C)Br)cc3c2cc1OC(=O)C(C)Br. The molecule has 0 amide bonds. The summed E-state index contributed by atoms with van der Waals surface area (Å²) in [6.45, 7) is 9.32. The summed E-state index contributed by atoms with van der Waals surface area (Å²) in [6.07, 6.45) is 0. The third-order valence-electron chi connectivity index (χ3n) is 7.33. The molecule has 0 saturated heterocycles. The highest BCUT2D eigenvalue weighted by Crippen LogP contribution is 2.47. The third-order valence-corrected chi connectivity index (χ3v) is 9.58. The van der Waals surface area contributed by atoms with Gasteiger partial charge >= 0.3 is 35.8 Å². The number of halogens is 6. The summed E-state index contributed by atoms with van der Waals surface area (Å²) in [5.41, 5.74) is 0. The van der Waals surface area contributed by atoms with Crippen molar-refractivity contribution in [1.29, 1.82) is 0 Å². The molecule has 0 N–H and O–H groups in total. The summed E-state index contributed by atoms with van der Waals surface area (Å²) in [4.78, 5) is 72.8. The zero-order valence-electron chi connectivity index (χ0n) is 29.1. The predicted octanol–water partition coefficient (Wildman–Crippen LogP) is 9.28. The quantitative estimate of drug-likeness (QED) is 0.0574. The first-order valence-corrected chi connectivity index (χ1v) is 21.4. The molecule has 12 nitrogen and oxygen atoms in total. The monoisotopic (exact) mass is 1130 g/mol. The number of esters is 6. The van der Waals surface area contributed by atoms with Crippen molar-refractivity contribution in [2.75, 3.05) is 0 Å². The van der Waals surface area contributed by atoms with Crippen molar-refractivity contribution in [3.63, 3.8) is 0 Å². The fourth-order valence-corrected chi connectivity index (χ4v) is 5.19. The average Bonchev–Trinajstić information content (AvgIpc) is 3.08. The van der Waals surface area contributed by atoms with Crippen LogP contribution in [-0.4, -0.2) is 64.8 Å². The number of ether oxygens (including phenoxy) is 6. The molecule has 4 aromatic carbocycles. The number of benzene rings is 4. The fourth-order valence-electron chi connectivity index (χ4n) is 4.63. The van der Waals surface area contributed by atoms with Gasteiger partial charge in [-0.3, -0.25) is 28.8 Å². The molecule has 0 aliphatic carbocycles. The van der Waals surface area contributed by atoms with Gasteiger partial charge in [-0.25, -0.2) is 0 Å². The minimum absolute atomic E-state index is 0.131. The van der Waals surface area contributed by atoms with Gasteiger partial charge in [-0.1, -0.05) is 95.6 Å². The van der Waals surface area contributed by atoms with Gasteiger partial charge in [0.05, 0.1) is 0 Å². The molecule has 0 radical (unpaired) electrons. The summed E-state index contributed by atoms with van der Waals surface area (Å²) in [7, 11) is 0. The Bertz CT molecular complexity index is 1760. The van der Waals surface area contributed by atoms with Crippen LogP contribution in [0.5, 0.6) is 34.5 Å². The Kier molecular flexibility index (Phi) is 15.1. The molecule has 0 bridgehead atoms. The lowest BCUT2D eigenvalue weighted by Crippen LogP contribution is -2.21. The molecule has 0 aliphatic heterocycles. The molecular formula is C36H30Br6O12. The molecule has 288 valence electrons. The zero-order chi connectivity index (χ0) is 40.3. The summed E-state index contributed by atoms with van der Waals surface area (Å²) in [6, 6.07) is 8.77. The van der Waals surface area contributed by atoms with E-state index in [9.17, 15) is 28.8 Å². The first-order chi connectivity index (χ1) is 25.2. The van der Waals surface area contributed by atoms with E-state index in [0.717, 1.165) is 0 Å². The van der Waals surface area contributed by atoms with Gasteiger partial charge in [0.15, 0.2) is 34.5 Å². The van der Waals surface area contributed by atoms with Crippen LogP contribution in [0, 0.1) is 0 Å². The molecule has 0 fully saturated rings. The largest absolute Gasteiger partial charge is 0.422 e. The van der Waals surface area contributed by atoms with E-state index in [0.29, 0.717) is 32.3 Å². The molecule has 18 heteroatoms. The van der Waals surface area contributed by atoms with Crippen molar-refractivity contribution in [2.24, 2.45) is 0 Å². The summed E-state index contributed by atoms with van der Waals surface area (Å²) < 4.78 is 34.2. The molecule has 0 heterocycles. The maximum Gasteiger partial charge on any atom is 0.324 e. The van der Waals surface area contributed by atoms with Crippen molar-refractivity contribution >= 4 is 164 Å². The minimum atomic E-state index is -0.746. The van der Waals surface area contributed by atoms with Crippen molar-refractivity contribution in [3.8, 4) is 34.5 Å². The highest BCUT2D eigenvalue weighted by atomic mass is 79.9. The van der Waals surface area contributed by atoms with Gasteiger partial charge in [-0.05, 0) is 110 Å². The average molecular weight is 1130 g/mol. The molecule has 4 rings (SSSR count). The number of carbonyl (C=O) groups excluding carboxylic acids is 6. The van der Waals surface area contributed by atoms with E-state index in [-0.39, 0.29) is 34.5 Å². The zero-order valence-corrected chi connectivity index (χ0v) is 38.6. The lowest BCUT2D eigenvalue weighted by atomic mass is 9.93. The van der Waals surface area contributed by atoms with Crippen molar-refractivity contribution in [1.82, 2.24) is 0 Å². The highest BCUT2D eigenvalue weighted by Gasteiger charge is 2.27. The van der Waals surface area contributed by atoms with E-state index in [2.05, 4.69) is 95.6 Å². The van der Waals surface area contributed by atoms with Gasteiger partial charge in [-0.2, -0.15) is 0 Å². The van der Waals surface area contributed by atoms with Crippen LogP contribution in [-0.2, 0) is 28.8 Å². The van der Waals surface area contributed by atoms with E-state index in [1.165, 1.54) is 36.4 Å². The van der Waals surface area contributed by atoms with Crippen LogP contribution in [0.3, 0.4) is 0 Å². The Morgan fingerprint density at radius 1 is 0.315 bits per heavy atom. The maximum atomic E-state index is 12.9. The second kappa shape index (κ2) is 18.5. The molecule has 0 aromatic heterocycles. The Balaban J connectivity index is 2.27. The molecule has 0 spiro atoms. The predicted molar refractivity (Wildman–Crippen MR) is 223 cm³/mol. The molecule has 6 unspecified atom stereocenters. The maximum absolute atomic E-state index is 12.9. The minimum Gasteiger partial charge on any atom is -0.422 e. The van der Waals surface area contributed by atoms with E-state index in [1.54, 1.807) is 41.5 Å². The van der Waals surface area contributed by atoms with Crippen LogP contribution in [0.25, 0.3) is 32.3 Å². The van der Waals surface area contributed by atoms with Crippen molar-refractivity contribution < 1.29 is 57.2 Å². The molecule has 6 atom stereocenters. The van der Waals surface area contributed by atoms with Crippen LogP contribution in [0.4, 0.5) is 0 Å². The lowest BCUT2D eigenvalue weighted by molar-refractivity contribution is -0.136. The normalized spacial score (nSPS) is 14.7. The summed E-state index contributed by atoms with van der Waals surface area (Å²) in [5, 5.41) is 2.22. The summed E-state index contributed by atoms with van der Waals surface area (Å²) >= 11 is 19.2. The first-order valence-electron chi connectivity index (χ1n) is 15.9. The number of hydrogen-bond acceptors (Lipinski definition) is 12. The molecular weight excluding hydrogens is 1100 g/mol. The molecule has 0 aliphatic rings. The second-order valence-corrected chi connectivity index (χ2v) is 20.0. The van der Waals surface area contributed by atoms with Crippen molar-refractivity contribution in [3.05, 3.63) is 36.4 Å². The van der Waals surface area contributed by atoms with Gasteiger partial charge in [0.2, 0.25) is 0 Å². The third kappa shape index (κ3) is 10.4. The molecule has 54 heavy (non-hydrogen) atoms.